The minimum Gasteiger partial charge on any atom is -0.493 e. The number of benzene rings is 2. The van der Waals surface area contributed by atoms with Gasteiger partial charge >= 0.3 is 0 Å². The van der Waals surface area contributed by atoms with Gasteiger partial charge in [-0.25, -0.2) is 4.68 Å². The van der Waals surface area contributed by atoms with Crippen LogP contribution in [0.1, 0.15) is 37.7 Å². The Balaban J connectivity index is 0.00000520. The minimum atomic E-state index is -0.964. The highest BCUT2D eigenvalue weighted by molar-refractivity contribution is 5.85. The van der Waals surface area contributed by atoms with E-state index in [9.17, 15) is 19.2 Å². The fraction of sp³-hybridized carbons (Fsp3) is 0.457. The Morgan fingerprint density at radius 3 is 2.60 bits per heavy atom. The molecule has 1 aliphatic heterocycles. The molecule has 0 spiro atoms. The molecule has 2 aromatic carbocycles. The van der Waals surface area contributed by atoms with Crippen LogP contribution in [0.4, 0.5) is 0 Å². The maximum absolute atomic E-state index is 14.2. The second-order valence-electron chi connectivity index (χ2n) is 12.3. The molecule has 5 rings (SSSR count). The summed E-state index contributed by atoms with van der Waals surface area (Å²) in [6, 6.07) is 18.2. The Labute approximate surface area is 286 Å². The van der Waals surface area contributed by atoms with Crippen LogP contribution in [0.15, 0.2) is 65.5 Å². The molecular weight excluding hydrogens is 636 g/mol. The average molecular weight is 681 g/mol. The molecule has 258 valence electrons. The van der Waals surface area contributed by atoms with Crippen LogP contribution < -0.4 is 36.3 Å². The van der Waals surface area contributed by atoms with E-state index in [1.54, 1.807) is 18.2 Å². The molecule has 2 aliphatic rings. The summed E-state index contributed by atoms with van der Waals surface area (Å²) in [5, 5.41) is 16.7. The Kier molecular flexibility index (Phi) is 13.4. The first kappa shape index (κ1) is 36.4. The van der Waals surface area contributed by atoms with Gasteiger partial charge in [-0.15, -0.1) is 12.4 Å². The Morgan fingerprint density at radius 2 is 1.83 bits per heavy atom. The monoisotopic (exact) mass is 680 g/mol. The van der Waals surface area contributed by atoms with Crippen molar-refractivity contribution in [2.45, 2.75) is 45.1 Å². The van der Waals surface area contributed by atoms with Gasteiger partial charge in [-0.05, 0) is 55.5 Å². The molecule has 1 aromatic heterocycles. The molecule has 13 heteroatoms. The number of methoxy groups -OCH3 is 1. The number of halogens is 1. The van der Waals surface area contributed by atoms with Crippen LogP contribution in [-0.4, -0.2) is 73.9 Å². The third-order valence-electron chi connectivity index (χ3n) is 8.54. The molecule has 12 nitrogen and oxygen atoms in total. The number of fused-ring (bicyclic) bond motifs is 2. The van der Waals surface area contributed by atoms with Crippen molar-refractivity contribution >= 4 is 30.1 Å². The molecule has 3 aromatic rings. The first-order chi connectivity index (χ1) is 22.8. The second-order valence-corrected chi connectivity index (χ2v) is 12.3. The van der Waals surface area contributed by atoms with Crippen molar-refractivity contribution in [2.24, 2.45) is 11.3 Å². The molecule has 3 amide bonds. The van der Waals surface area contributed by atoms with Gasteiger partial charge in [0, 0.05) is 44.2 Å². The van der Waals surface area contributed by atoms with Crippen LogP contribution in [-0.2, 0) is 27.3 Å². The molecule has 0 saturated heterocycles. The lowest BCUT2D eigenvalue weighted by atomic mass is 9.75. The standard InChI is InChI=1S/C35H44N6O6.ClH/c1-46-29-13-11-26-20-30(29)47-23-32(43)37-17-16-36-15-5-8-31(42)39-24-35(22-26,21-25-9-10-25)34(45)38-18-19-41-33(44)14-12-28(40-41)27-6-3-2-4-7-27;/h2-4,6-7,11-14,20,25,36H,5,8-10,15-19,21-24H2,1H3,(H,37,43)(H,38,45)(H,39,42);1H. The molecule has 0 radical (unpaired) electrons. The van der Waals surface area contributed by atoms with Gasteiger partial charge in [-0.1, -0.05) is 49.2 Å². The summed E-state index contributed by atoms with van der Waals surface area (Å²) in [4.78, 5) is 52.3. The maximum atomic E-state index is 14.2. The highest BCUT2D eigenvalue weighted by atomic mass is 35.5. The number of carbonyl (C=O) groups is 3. The number of rotatable bonds is 8. The van der Waals surface area contributed by atoms with Gasteiger partial charge in [-0.2, -0.15) is 5.10 Å². The minimum absolute atomic E-state index is 0. The van der Waals surface area contributed by atoms with Crippen molar-refractivity contribution in [1.82, 2.24) is 31.0 Å². The number of hydrogen-bond acceptors (Lipinski definition) is 8. The summed E-state index contributed by atoms with van der Waals surface area (Å²) in [7, 11) is 1.53. The highest BCUT2D eigenvalue weighted by Crippen LogP contribution is 2.43. The van der Waals surface area contributed by atoms with Crippen LogP contribution in [0.3, 0.4) is 0 Å². The van der Waals surface area contributed by atoms with Gasteiger partial charge in [-0.3, -0.25) is 19.2 Å². The van der Waals surface area contributed by atoms with Crippen LogP contribution in [0.2, 0.25) is 0 Å². The van der Waals surface area contributed by atoms with Crippen molar-refractivity contribution in [2.75, 3.05) is 46.4 Å². The number of amides is 3. The SMILES string of the molecule is COc1ccc2cc1OCC(=O)NCCNCCCC(=O)NCC(CC1CC1)(C(=O)NCCn1nc(-c3ccccc3)ccc1=O)C2.Cl. The van der Waals surface area contributed by atoms with Gasteiger partial charge in [0.2, 0.25) is 11.8 Å². The van der Waals surface area contributed by atoms with E-state index in [4.69, 9.17) is 9.47 Å². The van der Waals surface area contributed by atoms with E-state index in [0.29, 0.717) is 68.4 Å². The fourth-order valence-corrected chi connectivity index (χ4v) is 5.84. The number of hydrogen-bond donors (Lipinski definition) is 4. The van der Waals surface area contributed by atoms with Gasteiger partial charge in [0.25, 0.3) is 11.5 Å². The summed E-state index contributed by atoms with van der Waals surface area (Å²) in [6.07, 6.45) is 3.89. The summed E-state index contributed by atoms with van der Waals surface area (Å²) in [5.41, 5.74) is 1.14. The van der Waals surface area contributed by atoms with E-state index in [0.717, 1.165) is 24.0 Å². The molecular formula is C35H45ClN6O6. The normalized spacial score (nSPS) is 19.3. The predicted molar refractivity (Wildman–Crippen MR) is 184 cm³/mol. The van der Waals surface area contributed by atoms with Crippen LogP contribution in [0.5, 0.6) is 11.5 Å². The van der Waals surface area contributed by atoms with Gasteiger partial charge in [0.1, 0.15) is 0 Å². The first-order valence-electron chi connectivity index (χ1n) is 16.3. The molecule has 1 fully saturated rings. The lowest BCUT2D eigenvalue weighted by molar-refractivity contribution is -0.132. The number of carbonyl (C=O) groups excluding carboxylic acids is 3. The first-order valence-corrected chi connectivity index (χ1v) is 16.3. The third kappa shape index (κ3) is 10.3. The number of nitrogens with one attached hydrogen (secondary N) is 4. The number of nitrogens with zero attached hydrogens (tertiary/aromatic N) is 2. The summed E-state index contributed by atoms with van der Waals surface area (Å²) in [6.45, 7) is 1.97. The zero-order chi connectivity index (χ0) is 33.1. The lowest BCUT2D eigenvalue weighted by Gasteiger charge is -2.33. The van der Waals surface area contributed by atoms with Crippen LogP contribution in [0, 0.1) is 11.3 Å². The molecule has 48 heavy (non-hydrogen) atoms. The molecule has 1 unspecified atom stereocenters. The Hall–Kier alpha value is -4.42. The number of ether oxygens (including phenoxy) is 2. The van der Waals surface area contributed by atoms with Crippen molar-refractivity contribution < 1.29 is 23.9 Å². The predicted octanol–water partition coefficient (Wildman–Crippen LogP) is 2.48. The van der Waals surface area contributed by atoms with E-state index in [1.165, 1.54) is 17.9 Å². The van der Waals surface area contributed by atoms with E-state index in [-0.39, 0.29) is 61.9 Å². The average Bonchev–Trinajstić information content (AvgIpc) is 3.90. The van der Waals surface area contributed by atoms with Crippen LogP contribution in [0.25, 0.3) is 11.3 Å². The molecule has 2 bridgehead atoms. The van der Waals surface area contributed by atoms with Gasteiger partial charge < -0.3 is 30.7 Å². The summed E-state index contributed by atoms with van der Waals surface area (Å²) in [5.74, 6) is 0.646. The molecule has 1 aliphatic carbocycles. The molecule has 4 N–H and O–H groups in total. The largest absolute Gasteiger partial charge is 0.493 e. The van der Waals surface area contributed by atoms with Crippen molar-refractivity contribution in [1.29, 1.82) is 0 Å². The van der Waals surface area contributed by atoms with Crippen molar-refractivity contribution in [3.63, 3.8) is 0 Å². The lowest BCUT2D eigenvalue weighted by Crippen LogP contribution is -2.51. The smallest absolute Gasteiger partial charge is 0.266 e. The summed E-state index contributed by atoms with van der Waals surface area (Å²) >= 11 is 0. The van der Waals surface area contributed by atoms with E-state index in [2.05, 4.69) is 26.4 Å². The fourth-order valence-electron chi connectivity index (χ4n) is 5.84. The third-order valence-corrected chi connectivity index (χ3v) is 8.54. The van der Waals surface area contributed by atoms with Crippen LogP contribution >= 0.6 is 12.4 Å². The quantitative estimate of drug-likeness (QED) is 0.283. The molecule has 1 atom stereocenters. The molecule has 1 saturated carbocycles. The zero-order valence-electron chi connectivity index (χ0n) is 27.3. The Morgan fingerprint density at radius 1 is 1.02 bits per heavy atom. The topological polar surface area (TPSA) is 153 Å². The van der Waals surface area contributed by atoms with Gasteiger partial charge in [0.05, 0.1) is 24.8 Å². The highest BCUT2D eigenvalue weighted by Gasteiger charge is 2.43. The van der Waals surface area contributed by atoms with E-state index >= 15 is 0 Å². The Bertz CT molecular complexity index is 1600. The van der Waals surface area contributed by atoms with E-state index in [1.807, 2.05) is 36.4 Å². The number of aromatic nitrogens is 2. The summed E-state index contributed by atoms with van der Waals surface area (Å²) < 4.78 is 12.7. The van der Waals surface area contributed by atoms with Crippen molar-refractivity contribution in [3.05, 3.63) is 76.6 Å². The second kappa shape index (κ2) is 17.7. The van der Waals surface area contributed by atoms with E-state index < -0.39 is 5.41 Å². The molecule has 2 heterocycles. The maximum Gasteiger partial charge on any atom is 0.266 e. The van der Waals surface area contributed by atoms with Gasteiger partial charge in [0.15, 0.2) is 18.1 Å². The zero-order valence-corrected chi connectivity index (χ0v) is 28.1. The van der Waals surface area contributed by atoms with Crippen molar-refractivity contribution in [3.8, 4) is 22.8 Å².